The molecule has 0 aromatic heterocycles. The van der Waals surface area contributed by atoms with Gasteiger partial charge in [-0.3, -0.25) is 0 Å². The Labute approximate surface area is 49.6 Å². The van der Waals surface area contributed by atoms with Crippen LogP contribution in [0.15, 0.2) is 0 Å². The fourth-order valence-electron chi connectivity index (χ4n) is 0.391. The van der Waals surface area contributed by atoms with Crippen molar-refractivity contribution in [2.75, 3.05) is 19.8 Å². The van der Waals surface area contributed by atoms with Gasteiger partial charge >= 0.3 is 0 Å². The van der Waals surface area contributed by atoms with Gasteiger partial charge in [0.05, 0.1) is 0 Å². The molecule has 0 aliphatic carbocycles. The summed E-state index contributed by atoms with van der Waals surface area (Å²) in [6, 6.07) is 0. The molecule has 3 nitrogen and oxygen atoms in total. The molecule has 0 radical (unpaired) electrons. The maximum atomic E-state index is 9.59. The van der Waals surface area contributed by atoms with Crippen molar-refractivity contribution < 1.29 is 4.74 Å². The molecule has 0 amide bonds. The van der Waals surface area contributed by atoms with E-state index in [9.17, 15) is 5.21 Å². The van der Waals surface area contributed by atoms with Crippen LogP contribution in [0.4, 0.5) is 0 Å². The van der Waals surface area contributed by atoms with Gasteiger partial charge in [-0.1, -0.05) is 0 Å². The summed E-state index contributed by atoms with van der Waals surface area (Å²) in [6.07, 6.45) is 0.803. The number of hydrogen-bond acceptors (Lipinski definition) is 3. The minimum atomic E-state index is 0.500. The second-order valence-electron chi connectivity index (χ2n) is 1.44. The zero-order valence-corrected chi connectivity index (χ0v) is 5.14. The lowest BCUT2D eigenvalue weighted by Crippen LogP contribution is -2.08. The molecule has 1 N–H and O–H groups in total. The number of nitrogens with one attached hydrogen (secondary N) is 1. The van der Waals surface area contributed by atoms with Gasteiger partial charge in [0, 0.05) is 13.2 Å². The Balaban J connectivity index is 2.53. The first kappa shape index (κ1) is 7.88. The van der Waals surface area contributed by atoms with E-state index >= 15 is 0 Å². The summed E-state index contributed by atoms with van der Waals surface area (Å²) in [5, 5.41) is 9.59. The van der Waals surface area contributed by atoms with Crippen molar-refractivity contribution in [2.45, 2.75) is 13.3 Å². The van der Waals surface area contributed by atoms with E-state index in [-0.39, 0.29) is 0 Å². The van der Waals surface area contributed by atoms with Gasteiger partial charge < -0.3 is 15.4 Å². The Hall–Kier alpha value is -0.120. The number of ether oxygens (including phenoxy) is 1. The third kappa shape index (κ3) is 5.88. The maximum Gasteiger partial charge on any atom is 0.0477 e. The van der Waals surface area contributed by atoms with Gasteiger partial charge in [0.1, 0.15) is 0 Å². The van der Waals surface area contributed by atoms with Crippen LogP contribution >= 0.6 is 0 Å². The highest BCUT2D eigenvalue weighted by atomic mass is 16.5. The van der Waals surface area contributed by atoms with Crippen LogP contribution in [0.1, 0.15) is 13.3 Å². The van der Waals surface area contributed by atoms with Crippen molar-refractivity contribution in [3.05, 3.63) is 5.21 Å². The van der Waals surface area contributed by atoms with Crippen molar-refractivity contribution in [1.29, 1.82) is 0 Å². The SMILES string of the molecule is CCOCCCN[O-]. The fourth-order valence-corrected chi connectivity index (χ4v) is 0.391. The first-order valence-corrected chi connectivity index (χ1v) is 2.84. The standard InChI is InChI=1S/C5H12NO2/c1-2-8-5-3-4-6-7/h6H,2-5H2,1H3/q-1. The molecule has 0 rings (SSSR count). The van der Waals surface area contributed by atoms with Crippen molar-refractivity contribution >= 4 is 0 Å². The number of rotatable bonds is 5. The summed E-state index contributed by atoms with van der Waals surface area (Å²) in [7, 11) is 0. The molecule has 0 fully saturated rings. The molecular formula is C5H12NO2-. The van der Waals surface area contributed by atoms with E-state index in [1.54, 1.807) is 5.48 Å². The summed E-state index contributed by atoms with van der Waals surface area (Å²) in [5.41, 5.74) is 1.80. The van der Waals surface area contributed by atoms with Crippen LogP contribution in [0, 0.1) is 5.21 Å². The largest absolute Gasteiger partial charge is 0.788 e. The minimum absolute atomic E-state index is 0.500. The zero-order valence-electron chi connectivity index (χ0n) is 5.14. The zero-order chi connectivity index (χ0) is 6.24. The van der Waals surface area contributed by atoms with Crippen LogP contribution in [0.25, 0.3) is 0 Å². The maximum absolute atomic E-state index is 9.59. The minimum Gasteiger partial charge on any atom is -0.788 e. The quantitative estimate of drug-likeness (QED) is 0.422. The predicted molar refractivity (Wildman–Crippen MR) is 32.5 cm³/mol. The Bertz CT molecular complexity index is 35.4. The van der Waals surface area contributed by atoms with Gasteiger partial charge in [-0.05, 0) is 19.9 Å². The highest BCUT2D eigenvalue weighted by Crippen LogP contribution is 1.77. The average Bonchev–Trinajstić information content (AvgIpc) is 1.81. The smallest absolute Gasteiger partial charge is 0.0477 e. The molecule has 0 heterocycles. The monoisotopic (exact) mass is 118 g/mol. The van der Waals surface area contributed by atoms with E-state index < -0.39 is 0 Å². The third-order valence-electron chi connectivity index (χ3n) is 0.772. The highest BCUT2D eigenvalue weighted by molar-refractivity contribution is 4.42. The number of hydrogen-bond donors (Lipinski definition) is 1. The molecule has 0 spiro atoms. The van der Waals surface area contributed by atoms with Gasteiger partial charge in [0.2, 0.25) is 0 Å². The van der Waals surface area contributed by atoms with Gasteiger partial charge in [-0.25, -0.2) is 0 Å². The Kier molecular flexibility index (Phi) is 6.78. The van der Waals surface area contributed by atoms with Crippen LogP contribution in [-0.4, -0.2) is 19.8 Å². The lowest BCUT2D eigenvalue weighted by atomic mass is 10.5. The number of hydroxylamine groups is 1. The highest BCUT2D eigenvalue weighted by Gasteiger charge is 1.79. The van der Waals surface area contributed by atoms with E-state index in [1.165, 1.54) is 0 Å². The molecule has 8 heavy (non-hydrogen) atoms. The molecule has 50 valence electrons. The van der Waals surface area contributed by atoms with E-state index in [4.69, 9.17) is 4.74 Å². The van der Waals surface area contributed by atoms with Crippen LogP contribution in [-0.2, 0) is 4.74 Å². The summed E-state index contributed by atoms with van der Waals surface area (Å²) >= 11 is 0. The van der Waals surface area contributed by atoms with Crippen molar-refractivity contribution in [3.63, 3.8) is 0 Å². The summed E-state index contributed by atoms with van der Waals surface area (Å²) in [5.74, 6) is 0. The topological polar surface area (TPSA) is 44.3 Å². The van der Waals surface area contributed by atoms with E-state index in [2.05, 4.69) is 0 Å². The van der Waals surface area contributed by atoms with Crippen LogP contribution in [0.5, 0.6) is 0 Å². The van der Waals surface area contributed by atoms with Crippen molar-refractivity contribution in [2.24, 2.45) is 0 Å². The van der Waals surface area contributed by atoms with E-state index in [0.29, 0.717) is 13.2 Å². The van der Waals surface area contributed by atoms with Gasteiger partial charge in [-0.2, -0.15) is 0 Å². The lowest BCUT2D eigenvalue weighted by Gasteiger charge is -2.05. The first-order valence-electron chi connectivity index (χ1n) is 2.84. The van der Waals surface area contributed by atoms with E-state index in [0.717, 1.165) is 13.0 Å². The Morgan fingerprint density at radius 3 is 2.88 bits per heavy atom. The van der Waals surface area contributed by atoms with Crippen LogP contribution in [0.3, 0.4) is 0 Å². The molecular weight excluding hydrogens is 106 g/mol. The van der Waals surface area contributed by atoms with E-state index in [1.807, 2.05) is 6.92 Å². The molecule has 0 aromatic carbocycles. The summed E-state index contributed by atoms with van der Waals surface area (Å²) < 4.78 is 4.96. The van der Waals surface area contributed by atoms with Crippen molar-refractivity contribution in [1.82, 2.24) is 5.48 Å². The predicted octanol–water partition coefficient (Wildman–Crippen LogP) is 0.500. The van der Waals surface area contributed by atoms with Gasteiger partial charge in [-0.15, -0.1) is 0 Å². The average molecular weight is 118 g/mol. The fraction of sp³-hybridized carbons (Fsp3) is 1.00. The van der Waals surface area contributed by atoms with Crippen molar-refractivity contribution in [3.8, 4) is 0 Å². The molecule has 0 aliphatic heterocycles. The summed E-state index contributed by atoms with van der Waals surface area (Å²) in [4.78, 5) is 0. The molecule has 3 heteroatoms. The second-order valence-corrected chi connectivity index (χ2v) is 1.44. The first-order chi connectivity index (χ1) is 3.91. The molecule has 0 aliphatic rings. The molecule has 0 bridgehead atoms. The molecule has 0 atom stereocenters. The lowest BCUT2D eigenvalue weighted by molar-refractivity contribution is 0.145. The van der Waals surface area contributed by atoms with Crippen LogP contribution < -0.4 is 5.48 Å². The molecule has 0 saturated carbocycles. The van der Waals surface area contributed by atoms with Gasteiger partial charge in [0.15, 0.2) is 0 Å². The normalized spacial score (nSPS) is 9.75. The van der Waals surface area contributed by atoms with Gasteiger partial charge in [0.25, 0.3) is 0 Å². The second kappa shape index (κ2) is 6.88. The summed E-state index contributed by atoms with van der Waals surface area (Å²) in [6.45, 7) is 3.86. The molecule has 0 aromatic rings. The Morgan fingerprint density at radius 1 is 1.62 bits per heavy atom. The van der Waals surface area contributed by atoms with Crippen LogP contribution in [0.2, 0.25) is 0 Å². The molecule has 0 saturated heterocycles. The molecule has 0 unspecified atom stereocenters. The third-order valence-corrected chi connectivity index (χ3v) is 0.772. The Morgan fingerprint density at radius 2 is 2.38 bits per heavy atom.